The van der Waals surface area contributed by atoms with Crippen LogP contribution in [0.2, 0.25) is 0 Å². The standard InChI is InChI=1S/C8H9N3O2/c1-2-3-9-8(13)6-4-11-7(12)5-10-6/h2,4-5H,1,3H2,(H,9,13)(H,11,12). The molecule has 0 saturated heterocycles. The molecule has 0 spiro atoms. The summed E-state index contributed by atoms with van der Waals surface area (Å²) in [6, 6.07) is 0. The van der Waals surface area contributed by atoms with E-state index in [-0.39, 0.29) is 17.2 Å². The Labute approximate surface area is 74.5 Å². The van der Waals surface area contributed by atoms with Gasteiger partial charge in [-0.25, -0.2) is 4.98 Å². The summed E-state index contributed by atoms with van der Waals surface area (Å²) in [6.07, 6.45) is 3.88. The summed E-state index contributed by atoms with van der Waals surface area (Å²) in [5, 5.41) is 2.53. The molecule has 5 nitrogen and oxygen atoms in total. The van der Waals surface area contributed by atoms with E-state index >= 15 is 0 Å². The van der Waals surface area contributed by atoms with Crippen LogP contribution in [0, 0.1) is 0 Å². The van der Waals surface area contributed by atoms with Crippen molar-refractivity contribution in [3.63, 3.8) is 0 Å². The van der Waals surface area contributed by atoms with Crippen LogP contribution in [0.5, 0.6) is 0 Å². The third-order valence-corrected chi connectivity index (χ3v) is 1.31. The summed E-state index contributed by atoms with van der Waals surface area (Å²) in [5.41, 5.74) is -0.151. The van der Waals surface area contributed by atoms with Gasteiger partial charge in [0.15, 0.2) is 0 Å². The second-order valence-corrected chi connectivity index (χ2v) is 2.30. The maximum atomic E-state index is 11.2. The second-order valence-electron chi connectivity index (χ2n) is 2.30. The molecule has 1 aromatic heterocycles. The highest BCUT2D eigenvalue weighted by Gasteiger charge is 2.04. The highest BCUT2D eigenvalue weighted by Crippen LogP contribution is 1.86. The van der Waals surface area contributed by atoms with Gasteiger partial charge < -0.3 is 10.3 Å². The van der Waals surface area contributed by atoms with E-state index < -0.39 is 0 Å². The Kier molecular flexibility index (Phi) is 2.97. The third-order valence-electron chi connectivity index (χ3n) is 1.31. The monoisotopic (exact) mass is 179 g/mol. The van der Waals surface area contributed by atoms with E-state index in [0.29, 0.717) is 6.54 Å². The number of rotatable bonds is 3. The van der Waals surface area contributed by atoms with Crippen LogP contribution in [-0.2, 0) is 0 Å². The number of aromatic amines is 1. The van der Waals surface area contributed by atoms with Crippen molar-refractivity contribution in [2.75, 3.05) is 6.54 Å². The van der Waals surface area contributed by atoms with Crippen molar-refractivity contribution in [3.05, 3.63) is 41.1 Å². The molecule has 0 aliphatic carbocycles. The summed E-state index contributed by atoms with van der Waals surface area (Å²) in [4.78, 5) is 27.8. The molecule has 1 aromatic rings. The topological polar surface area (TPSA) is 74.8 Å². The second kappa shape index (κ2) is 4.20. The quantitative estimate of drug-likeness (QED) is 0.625. The number of hydrogen-bond donors (Lipinski definition) is 2. The number of nitrogens with zero attached hydrogens (tertiary/aromatic N) is 1. The third kappa shape index (κ3) is 2.55. The maximum absolute atomic E-state index is 11.2. The maximum Gasteiger partial charge on any atom is 0.271 e. The van der Waals surface area contributed by atoms with Crippen LogP contribution in [0.1, 0.15) is 10.5 Å². The van der Waals surface area contributed by atoms with Crippen molar-refractivity contribution >= 4 is 5.91 Å². The molecular weight excluding hydrogens is 170 g/mol. The highest BCUT2D eigenvalue weighted by atomic mass is 16.2. The Balaban J connectivity index is 2.71. The fourth-order valence-electron chi connectivity index (χ4n) is 0.722. The molecule has 0 radical (unpaired) electrons. The summed E-state index contributed by atoms with van der Waals surface area (Å²) in [5.74, 6) is -0.337. The van der Waals surface area contributed by atoms with Crippen molar-refractivity contribution in [2.45, 2.75) is 0 Å². The number of aromatic nitrogens is 2. The summed E-state index contributed by atoms with van der Waals surface area (Å²) in [6.45, 7) is 3.82. The lowest BCUT2D eigenvalue weighted by molar-refractivity contribution is 0.0952. The number of H-pyrrole nitrogens is 1. The van der Waals surface area contributed by atoms with Crippen molar-refractivity contribution < 1.29 is 4.79 Å². The Morgan fingerprint density at radius 2 is 2.54 bits per heavy atom. The Morgan fingerprint density at radius 1 is 1.77 bits per heavy atom. The Bertz CT molecular complexity index is 349. The van der Waals surface area contributed by atoms with Gasteiger partial charge in [-0.3, -0.25) is 9.59 Å². The van der Waals surface area contributed by atoms with E-state index in [1.54, 1.807) is 6.08 Å². The van der Waals surface area contributed by atoms with Crippen LogP contribution < -0.4 is 10.9 Å². The van der Waals surface area contributed by atoms with Crippen molar-refractivity contribution in [1.82, 2.24) is 15.3 Å². The number of carbonyl (C=O) groups excluding carboxylic acids is 1. The SMILES string of the molecule is C=CCNC(=O)c1c[nH]c(=O)cn1. The van der Waals surface area contributed by atoms with Crippen LogP contribution in [0.15, 0.2) is 29.8 Å². The zero-order valence-electron chi connectivity index (χ0n) is 6.91. The van der Waals surface area contributed by atoms with Gasteiger partial charge in [-0.15, -0.1) is 6.58 Å². The van der Waals surface area contributed by atoms with Gasteiger partial charge >= 0.3 is 0 Å². The molecule has 0 saturated carbocycles. The van der Waals surface area contributed by atoms with Gasteiger partial charge in [0.2, 0.25) is 0 Å². The van der Waals surface area contributed by atoms with Crippen LogP contribution in [0.3, 0.4) is 0 Å². The molecule has 0 aliphatic heterocycles. The molecule has 13 heavy (non-hydrogen) atoms. The molecule has 68 valence electrons. The van der Waals surface area contributed by atoms with Crippen molar-refractivity contribution in [1.29, 1.82) is 0 Å². The van der Waals surface area contributed by atoms with Gasteiger partial charge in [0.25, 0.3) is 11.5 Å². The minimum Gasteiger partial charge on any atom is -0.347 e. The first-order valence-corrected chi connectivity index (χ1v) is 3.68. The average Bonchev–Trinajstić information content (AvgIpc) is 2.15. The first kappa shape index (κ1) is 9.18. The van der Waals surface area contributed by atoms with E-state index in [2.05, 4.69) is 21.9 Å². The zero-order chi connectivity index (χ0) is 9.68. The van der Waals surface area contributed by atoms with Gasteiger partial charge in [-0.2, -0.15) is 0 Å². The molecule has 0 bridgehead atoms. The minimum atomic E-state index is -0.337. The van der Waals surface area contributed by atoms with E-state index in [9.17, 15) is 9.59 Å². The molecule has 0 aromatic carbocycles. The number of hydrogen-bond acceptors (Lipinski definition) is 3. The molecule has 1 amide bonds. The molecule has 0 unspecified atom stereocenters. The van der Waals surface area contributed by atoms with Gasteiger partial charge in [0.1, 0.15) is 5.69 Å². The normalized spacial score (nSPS) is 9.23. The van der Waals surface area contributed by atoms with Gasteiger partial charge in [0.05, 0.1) is 6.20 Å². The number of carbonyl (C=O) groups is 1. The van der Waals surface area contributed by atoms with Crippen LogP contribution in [0.25, 0.3) is 0 Å². The first-order valence-electron chi connectivity index (χ1n) is 3.68. The molecular formula is C8H9N3O2. The Hall–Kier alpha value is -1.91. The largest absolute Gasteiger partial charge is 0.347 e. The van der Waals surface area contributed by atoms with Gasteiger partial charge in [-0.1, -0.05) is 6.08 Å². The fraction of sp³-hybridized carbons (Fsp3) is 0.125. The summed E-state index contributed by atoms with van der Waals surface area (Å²) >= 11 is 0. The smallest absolute Gasteiger partial charge is 0.271 e. The number of amides is 1. The lowest BCUT2D eigenvalue weighted by Crippen LogP contribution is -2.25. The van der Waals surface area contributed by atoms with Crippen molar-refractivity contribution in [3.8, 4) is 0 Å². The molecule has 0 aliphatic rings. The summed E-state index contributed by atoms with van der Waals surface area (Å²) in [7, 11) is 0. The van der Waals surface area contributed by atoms with E-state index in [4.69, 9.17) is 0 Å². The van der Waals surface area contributed by atoms with Crippen LogP contribution in [0.4, 0.5) is 0 Å². The summed E-state index contributed by atoms with van der Waals surface area (Å²) < 4.78 is 0. The highest BCUT2D eigenvalue weighted by molar-refractivity contribution is 5.91. The molecule has 5 heteroatoms. The van der Waals surface area contributed by atoms with Gasteiger partial charge in [-0.05, 0) is 0 Å². The predicted octanol–water partition coefficient (Wildman–Crippen LogP) is -0.314. The first-order chi connectivity index (χ1) is 6.24. The lowest BCUT2D eigenvalue weighted by atomic mass is 10.4. The molecule has 1 rings (SSSR count). The lowest BCUT2D eigenvalue weighted by Gasteiger charge is -1.99. The van der Waals surface area contributed by atoms with Gasteiger partial charge in [0, 0.05) is 12.7 Å². The zero-order valence-corrected chi connectivity index (χ0v) is 6.91. The van der Waals surface area contributed by atoms with Crippen LogP contribution in [-0.4, -0.2) is 22.4 Å². The van der Waals surface area contributed by atoms with Crippen LogP contribution >= 0.6 is 0 Å². The fourth-order valence-corrected chi connectivity index (χ4v) is 0.722. The molecule has 2 N–H and O–H groups in total. The number of nitrogens with one attached hydrogen (secondary N) is 2. The molecule has 0 fully saturated rings. The predicted molar refractivity (Wildman–Crippen MR) is 47.4 cm³/mol. The molecule has 1 heterocycles. The van der Waals surface area contributed by atoms with Crippen molar-refractivity contribution in [2.24, 2.45) is 0 Å². The average molecular weight is 179 g/mol. The minimum absolute atomic E-state index is 0.182. The Morgan fingerprint density at radius 3 is 3.08 bits per heavy atom. The molecule has 0 atom stereocenters. The van der Waals surface area contributed by atoms with E-state index in [1.165, 1.54) is 6.20 Å². The van der Waals surface area contributed by atoms with E-state index in [1.807, 2.05) is 0 Å². The van der Waals surface area contributed by atoms with E-state index in [0.717, 1.165) is 6.20 Å².